The van der Waals surface area contributed by atoms with Crippen LogP contribution in [0.1, 0.15) is 0 Å². The number of hydrogen-bond acceptors (Lipinski definition) is 7. The number of ether oxygens (including phenoxy) is 2. The number of nitriles is 1. The Labute approximate surface area is 152 Å². The highest BCUT2D eigenvalue weighted by molar-refractivity contribution is 7.85. The van der Waals surface area contributed by atoms with Crippen molar-refractivity contribution in [1.29, 1.82) is 5.26 Å². The van der Waals surface area contributed by atoms with Gasteiger partial charge in [-0.3, -0.25) is 9.35 Å². The first-order valence-electron chi connectivity index (χ1n) is 7.54. The minimum Gasteiger partial charge on any atom is -0.383 e. The van der Waals surface area contributed by atoms with Crippen molar-refractivity contribution in [3.63, 3.8) is 0 Å². The van der Waals surface area contributed by atoms with Gasteiger partial charge in [-0.15, -0.1) is 0 Å². The number of rotatable bonds is 10. The summed E-state index contributed by atoms with van der Waals surface area (Å²) in [4.78, 5) is 13.7. The van der Waals surface area contributed by atoms with Gasteiger partial charge in [0.2, 0.25) is 0 Å². The molecule has 1 rings (SSSR count). The molecule has 0 radical (unpaired) electrons. The van der Waals surface area contributed by atoms with Gasteiger partial charge in [-0.25, -0.2) is 0 Å². The van der Waals surface area contributed by atoms with E-state index in [1.54, 1.807) is 19.1 Å². The first kappa shape index (κ1) is 21.6. The SMILES string of the molecule is COCCN(/C=C(/C#N)C(=O)Nc1ccc(S(=O)(=O)O)cc1)CCOC. The van der Waals surface area contributed by atoms with Crippen molar-refractivity contribution in [1.82, 2.24) is 4.90 Å². The van der Waals surface area contributed by atoms with Gasteiger partial charge >= 0.3 is 0 Å². The number of amides is 1. The minimum atomic E-state index is -4.31. The monoisotopic (exact) mass is 383 g/mol. The molecule has 9 nitrogen and oxygen atoms in total. The van der Waals surface area contributed by atoms with E-state index in [1.165, 1.54) is 18.3 Å². The van der Waals surface area contributed by atoms with Crippen LogP contribution in [0.25, 0.3) is 0 Å². The zero-order valence-electron chi connectivity index (χ0n) is 14.5. The molecule has 0 unspecified atom stereocenters. The zero-order chi connectivity index (χ0) is 19.6. The van der Waals surface area contributed by atoms with Crippen molar-refractivity contribution < 1.29 is 27.2 Å². The minimum absolute atomic E-state index is 0.129. The van der Waals surface area contributed by atoms with E-state index in [0.717, 1.165) is 12.1 Å². The van der Waals surface area contributed by atoms with E-state index in [4.69, 9.17) is 14.0 Å². The fraction of sp³-hybridized carbons (Fsp3) is 0.375. The number of anilines is 1. The lowest BCUT2D eigenvalue weighted by atomic mass is 10.2. The Bertz CT molecular complexity index is 760. The predicted octanol–water partition coefficient (Wildman–Crippen LogP) is 0.874. The molecule has 1 amide bonds. The Morgan fingerprint density at radius 1 is 1.23 bits per heavy atom. The van der Waals surface area contributed by atoms with Crippen LogP contribution in [0.15, 0.2) is 40.9 Å². The summed E-state index contributed by atoms with van der Waals surface area (Å²) in [5, 5.41) is 11.7. The average Bonchev–Trinajstić information content (AvgIpc) is 2.60. The van der Waals surface area contributed by atoms with Gasteiger partial charge in [-0.05, 0) is 24.3 Å². The molecule has 0 saturated heterocycles. The van der Waals surface area contributed by atoms with E-state index < -0.39 is 16.0 Å². The van der Waals surface area contributed by atoms with Crippen LogP contribution < -0.4 is 5.32 Å². The summed E-state index contributed by atoms with van der Waals surface area (Å²) in [6, 6.07) is 6.74. The topological polar surface area (TPSA) is 129 Å². The van der Waals surface area contributed by atoms with Gasteiger partial charge in [0.05, 0.1) is 18.1 Å². The molecular weight excluding hydrogens is 362 g/mol. The number of carbonyl (C=O) groups is 1. The van der Waals surface area contributed by atoms with Gasteiger partial charge in [0.25, 0.3) is 16.0 Å². The lowest BCUT2D eigenvalue weighted by molar-refractivity contribution is -0.112. The summed E-state index contributed by atoms with van der Waals surface area (Å²) in [5.74, 6) is -0.646. The maximum atomic E-state index is 12.2. The van der Waals surface area contributed by atoms with Crippen LogP contribution in [-0.2, 0) is 24.4 Å². The van der Waals surface area contributed by atoms with E-state index in [-0.39, 0.29) is 16.2 Å². The lowest BCUT2D eigenvalue weighted by Crippen LogP contribution is -2.27. The first-order valence-corrected chi connectivity index (χ1v) is 8.98. The van der Waals surface area contributed by atoms with Gasteiger partial charge < -0.3 is 19.7 Å². The molecule has 2 N–H and O–H groups in total. The molecule has 1 aromatic rings. The summed E-state index contributed by atoms with van der Waals surface area (Å²) in [7, 11) is -1.21. The molecule has 0 spiro atoms. The van der Waals surface area contributed by atoms with E-state index in [0.29, 0.717) is 26.3 Å². The third-order valence-electron chi connectivity index (χ3n) is 3.25. The van der Waals surface area contributed by atoms with Crippen molar-refractivity contribution in [2.24, 2.45) is 0 Å². The third-order valence-corrected chi connectivity index (χ3v) is 4.12. The fourth-order valence-electron chi connectivity index (χ4n) is 1.89. The molecule has 142 valence electrons. The van der Waals surface area contributed by atoms with Crippen LogP contribution in [-0.4, -0.2) is 64.3 Å². The second-order valence-electron chi connectivity index (χ2n) is 5.13. The highest BCUT2D eigenvalue weighted by Crippen LogP contribution is 2.14. The number of hydrogen-bond donors (Lipinski definition) is 2. The fourth-order valence-corrected chi connectivity index (χ4v) is 2.37. The van der Waals surface area contributed by atoms with Crippen molar-refractivity contribution in [2.45, 2.75) is 4.90 Å². The van der Waals surface area contributed by atoms with Gasteiger partial charge in [0.1, 0.15) is 11.6 Å². The quantitative estimate of drug-likeness (QED) is 0.346. The molecule has 0 bridgehead atoms. The molecule has 10 heteroatoms. The molecule has 0 saturated carbocycles. The predicted molar refractivity (Wildman–Crippen MR) is 93.9 cm³/mol. The lowest BCUT2D eigenvalue weighted by Gasteiger charge is -2.20. The maximum Gasteiger partial charge on any atom is 0.294 e. The number of nitrogens with zero attached hydrogens (tertiary/aromatic N) is 2. The van der Waals surface area contributed by atoms with Crippen LogP contribution in [0.2, 0.25) is 0 Å². The summed E-state index contributed by atoms with van der Waals surface area (Å²) < 4.78 is 40.9. The highest BCUT2D eigenvalue weighted by atomic mass is 32.2. The maximum absolute atomic E-state index is 12.2. The van der Waals surface area contributed by atoms with E-state index in [9.17, 15) is 18.5 Å². The number of carbonyl (C=O) groups excluding carboxylic acids is 1. The summed E-state index contributed by atoms with van der Waals surface area (Å²) >= 11 is 0. The van der Waals surface area contributed by atoms with Crippen LogP contribution in [0, 0.1) is 11.3 Å². The molecule has 0 fully saturated rings. The molecule has 0 heterocycles. The molecule has 1 aromatic carbocycles. The number of methoxy groups -OCH3 is 2. The largest absolute Gasteiger partial charge is 0.383 e. The average molecular weight is 383 g/mol. The molecular formula is C16H21N3O6S. The molecule has 0 aliphatic heterocycles. The molecule has 0 atom stereocenters. The first-order chi connectivity index (χ1) is 12.3. The molecule has 0 aliphatic rings. The van der Waals surface area contributed by atoms with E-state index in [1.807, 2.05) is 6.07 Å². The van der Waals surface area contributed by atoms with Crippen LogP contribution in [0.4, 0.5) is 5.69 Å². The summed E-state index contributed by atoms with van der Waals surface area (Å²) in [6.45, 7) is 1.78. The third kappa shape index (κ3) is 7.20. The second-order valence-corrected chi connectivity index (χ2v) is 6.55. The molecule has 26 heavy (non-hydrogen) atoms. The van der Waals surface area contributed by atoms with E-state index in [2.05, 4.69) is 5.32 Å². The Kier molecular flexibility index (Phi) is 8.74. The van der Waals surface area contributed by atoms with Gasteiger partial charge in [0.15, 0.2) is 0 Å². The zero-order valence-corrected chi connectivity index (χ0v) is 15.3. The number of benzene rings is 1. The highest BCUT2D eigenvalue weighted by Gasteiger charge is 2.13. The van der Waals surface area contributed by atoms with Gasteiger partial charge in [0, 0.05) is 39.2 Å². The van der Waals surface area contributed by atoms with Gasteiger partial charge in [-0.1, -0.05) is 0 Å². The standard InChI is InChI=1S/C16H21N3O6S/c1-24-9-7-19(8-10-25-2)12-13(11-17)16(20)18-14-3-5-15(6-4-14)26(21,22)23/h3-6,12H,7-10H2,1-2H3,(H,18,20)(H,21,22,23)/b13-12-. The number of nitrogens with one attached hydrogen (secondary N) is 1. The van der Waals surface area contributed by atoms with Crippen molar-refractivity contribution in [3.8, 4) is 6.07 Å². The van der Waals surface area contributed by atoms with Crippen molar-refractivity contribution >= 4 is 21.7 Å². The van der Waals surface area contributed by atoms with Crippen LogP contribution in [0.5, 0.6) is 0 Å². The van der Waals surface area contributed by atoms with Crippen LogP contribution in [0.3, 0.4) is 0 Å². The summed E-state index contributed by atoms with van der Waals surface area (Å²) in [6.07, 6.45) is 1.42. The Balaban J connectivity index is 2.87. The van der Waals surface area contributed by atoms with E-state index >= 15 is 0 Å². The second kappa shape index (κ2) is 10.5. The van der Waals surface area contributed by atoms with Crippen LogP contribution >= 0.6 is 0 Å². The smallest absolute Gasteiger partial charge is 0.294 e. The Morgan fingerprint density at radius 3 is 2.19 bits per heavy atom. The molecule has 0 aromatic heterocycles. The van der Waals surface area contributed by atoms with Crippen molar-refractivity contribution in [3.05, 3.63) is 36.0 Å². The Morgan fingerprint density at radius 2 is 1.77 bits per heavy atom. The van der Waals surface area contributed by atoms with Gasteiger partial charge in [-0.2, -0.15) is 13.7 Å². The van der Waals surface area contributed by atoms with Crippen molar-refractivity contribution in [2.75, 3.05) is 45.8 Å². The molecule has 0 aliphatic carbocycles. The normalized spacial score (nSPS) is 11.7. The Hall–Kier alpha value is -2.45. The summed E-state index contributed by atoms with van der Waals surface area (Å²) in [5.41, 5.74) is 0.153.